The van der Waals surface area contributed by atoms with E-state index in [1.165, 1.54) is 19.2 Å². The predicted octanol–water partition coefficient (Wildman–Crippen LogP) is 3.40. The summed E-state index contributed by atoms with van der Waals surface area (Å²) in [6, 6.07) is 9.90. The van der Waals surface area contributed by atoms with Crippen LogP contribution in [-0.4, -0.2) is 17.0 Å². The lowest BCUT2D eigenvalue weighted by Crippen LogP contribution is -1.98. The fraction of sp³-hybridized carbons (Fsp3) is 0.0833. The Labute approximate surface area is 122 Å². The van der Waals surface area contributed by atoms with Gasteiger partial charge < -0.3 is 9.47 Å². The minimum atomic E-state index is -0.544. The Morgan fingerprint density at radius 2 is 2.00 bits per heavy atom. The Bertz CT molecular complexity index is 618. The van der Waals surface area contributed by atoms with Crippen LogP contribution in [-0.2, 0) is 0 Å². The highest BCUT2D eigenvalue weighted by Gasteiger charge is 2.19. The van der Waals surface area contributed by atoms with Gasteiger partial charge >= 0.3 is 11.6 Å². The average molecular weight is 372 g/mol. The summed E-state index contributed by atoms with van der Waals surface area (Å²) in [5.41, 5.74) is -0.208. The molecule has 0 radical (unpaired) electrons. The molecule has 1 aromatic carbocycles. The van der Waals surface area contributed by atoms with E-state index in [2.05, 4.69) is 27.6 Å². The quantitative estimate of drug-likeness (QED) is 0.467. The summed E-state index contributed by atoms with van der Waals surface area (Å²) in [4.78, 5) is 14.4. The van der Waals surface area contributed by atoms with Gasteiger partial charge in [0.25, 0.3) is 0 Å². The van der Waals surface area contributed by atoms with Crippen molar-refractivity contribution in [1.29, 1.82) is 0 Å². The SMILES string of the molecule is COc1ccc([N+](=O)[O-])c(Oc2ccccc2I)n1. The third-order valence-electron chi connectivity index (χ3n) is 2.26. The Hall–Kier alpha value is -1.90. The van der Waals surface area contributed by atoms with Gasteiger partial charge in [0.1, 0.15) is 5.75 Å². The van der Waals surface area contributed by atoms with Crippen LogP contribution in [0.4, 0.5) is 5.69 Å². The Morgan fingerprint density at radius 3 is 2.63 bits per heavy atom. The molecule has 2 aromatic rings. The van der Waals surface area contributed by atoms with E-state index >= 15 is 0 Å². The summed E-state index contributed by atoms with van der Waals surface area (Å²) in [6.45, 7) is 0. The van der Waals surface area contributed by atoms with Crippen molar-refractivity contribution in [2.45, 2.75) is 0 Å². The van der Waals surface area contributed by atoms with Gasteiger partial charge in [-0.2, -0.15) is 4.98 Å². The van der Waals surface area contributed by atoms with E-state index in [4.69, 9.17) is 9.47 Å². The highest BCUT2D eigenvalue weighted by Crippen LogP contribution is 2.33. The number of rotatable bonds is 4. The van der Waals surface area contributed by atoms with E-state index in [0.29, 0.717) is 5.75 Å². The molecule has 0 spiro atoms. The standard InChI is InChI=1S/C12H9IN2O4/c1-18-11-7-6-9(15(16)17)12(14-11)19-10-5-3-2-4-8(10)13/h2-7H,1H3. The number of benzene rings is 1. The second-order valence-electron chi connectivity index (χ2n) is 3.47. The molecule has 0 aliphatic heterocycles. The first-order chi connectivity index (χ1) is 9.11. The largest absolute Gasteiger partial charge is 0.481 e. The zero-order valence-electron chi connectivity index (χ0n) is 9.87. The number of para-hydroxylation sites is 1. The Balaban J connectivity index is 2.43. The van der Waals surface area contributed by atoms with Crippen LogP contribution in [0.2, 0.25) is 0 Å². The van der Waals surface area contributed by atoms with Crippen LogP contribution in [0.3, 0.4) is 0 Å². The zero-order valence-corrected chi connectivity index (χ0v) is 12.0. The van der Waals surface area contributed by atoms with E-state index in [-0.39, 0.29) is 17.4 Å². The first kappa shape index (κ1) is 13.5. The number of nitrogens with zero attached hydrogens (tertiary/aromatic N) is 2. The van der Waals surface area contributed by atoms with Crippen molar-refractivity contribution < 1.29 is 14.4 Å². The predicted molar refractivity (Wildman–Crippen MR) is 76.7 cm³/mol. The molecule has 7 heteroatoms. The van der Waals surface area contributed by atoms with E-state index in [1.807, 2.05) is 12.1 Å². The molecule has 19 heavy (non-hydrogen) atoms. The van der Waals surface area contributed by atoms with Gasteiger partial charge in [0.2, 0.25) is 5.88 Å². The van der Waals surface area contributed by atoms with Crippen molar-refractivity contribution in [3.63, 3.8) is 0 Å². The van der Waals surface area contributed by atoms with Crippen molar-refractivity contribution in [2.75, 3.05) is 7.11 Å². The summed E-state index contributed by atoms with van der Waals surface area (Å²) >= 11 is 2.08. The maximum absolute atomic E-state index is 10.9. The molecular weight excluding hydrogens is 363 g/mol. The smallest absolute Gasteiger partial charge is 0.331 e. The summed E-state index contributed by atoms with van der Waals surface area (Å²) < 4.78 is 11.3. The molecule has 0 bridgehead atoms. The third kappa shape index (κ3) is 3.11. The highest BCUT2D eigenvalue weighted by atomic mass is 127. The maximum atomic E-state index is 10.9. The molecule has 0 saturated carbocycles. The van der Waals surface area contributed by atoms with Crippen LogP contribution < -0.4 is 9.47 Å². The van der Waals surface area contributed by atoms with Crippen LogP contribution in [0.15, 0.2) is 36.4 Å². The topological polar surface area (TPSA) is 74.5 Å². The van der Waals surface area contributed by atoms with Crippen molar-refractivity contribution in [3.05, 3.63) is 50.1 Å². The van der Waals surface area contributed by atoms with E-state index < -0.39 is 4.92 Å². The molecular formula is C12H9IN2O4. The van der Waals surface area contributed by atoms with Gasteiger partial charge in [-0.3, -0.25) is 10.1 Å². The molecule has 0 aliphatic rings. The second kappa shape index (κ2) is 5.83. The number of hydrogen-bond donors (Lipinski definition) is 0. The number of nitro groups is 1. The lowest BCUT2D eigenvalue weighted by atomic mass is 10.3. The molecule has 98 valence electrons. The van der Waals surface area contributed by atoms with Gasteiger partial charge in [0, 0.05) is 12.1 Å². The lowest BCUT2D eigenvalue weighted by molar-refractivity contribution is -0.386. The lowest BCUT2D eigenvalue weighted by Gasteiger charge is -2.08. The van der Waals surface area contributed by atoms with Crippen molar-refractivity contribution in [1.82, 2.24) is 4.98 Å². The zero-order chi connectivity index (χ0) is 13.8. The summed E-state index contributed by atoms with van der Waals surface area (Å²) in [5, 5.41) is 10.9. The normalized spacial score (nSPS) is 10.0. The number of hydrogen-bond acceptors (Lipinski definition) is 5. The molecule has 1 heterocycles. The van der Waals surface area contributed by atoms with Crippen molar-refractivity contribution >= 4 is 28.3 Å². The number of pyridine rings is 1. The fourth-order valence-electron chi connectivity index (χ4n) is 1.38. The Kier molecular flexibility index (Phi) is 4.15. The number of halogens is 1. The molecule has 6 nitrogen and oxygen atoms in total. The third-order valence-corrected chi connectivity index (χ3v) is 3.15. The minimum Gasteiger partial charge on any atom is -0.481 e. The van der Waals surface area contributed by atoms with Crippen molar-refractivity contribution in [3.8, 4) is 17.5 Å². The maximum Gasteiger partial charge on any atom is 0.331 e. The van der Waals surface area contributed by atoms with E-state index in [9.17, 15) is 10.1 Å². The van der Waals surface area contributed by atoms with E-state index in [0.717, 1.165) is 3.57 Å². The van der Waals surface area contributed by atoms with Crippen LogP contribution >= 0.6 is 22.6 Å². The molecule has 2 rings (SSSR count). The number of ether oxygens (including phenoxy) is 2. The first-order valence-electron chi connectivity index (χ1n) is 5.23. The van der Waals surface area contributed by atoms with Gasteiger partial charge in [0.15, 0.2) is 0 Å². The number of methoxy groups -OCH3 is 1. The van der Waals surface area contributed by atoms with Crippen LogP contribution in [0.25, 0.3) is 0 Å². The molecule has 0 saturated heterocycles. The monoisotopic (exact) mass is 372 g/mol. The summed E-state index contributed by atoms with van der Waals surface area (Å²) in [7, 11) is 1.43. The second-order valence-corrected chi connectivity index (χ2v) is 4.63. The molecule has 0 amide bonds. The van der Waals surface area contributed by atoms with Gasteiger partial charge in [-0.25, -0.2) is 0 Å². The minimum absolute atomic E-state index is 0.0894. The van der Waals surface area contributed by atoms with Gasteiger partial charge in [0.05, 0.1) is 15.6 Å². The van der Waals surface area contributed by atoms with Crippen molar-refractivity contribution in [2.24, 2.45) is 0 Å². The molecule has 0 fully saturated rings. The average Bonchev–Trinajstić information content (AvgIpc) is 2.41. The fourth-order valence-corrected chi connectivity index (χ4v) is 1.87. The van der Waals surface area contributed by atoms with Crippen LogP contribution in [0, 0.1) is 13.7 Å². The summed E-state index contributed by atoms with van der Waals surface area (Å²) in [5.74, 6) is 0.673. The molecule has 0 N–H and O–H groups in total. The number of aromatic nitrogens is 1. The highest BCUT2D eigenvalue weighted by molar-refractivity contribution is 14.1. The molecule has 0 aliphatic carbocycles. The van der Waals surface area contributed by atoms with Gasteiger partial charge in [-0.1, -0.05) is 12.1 Å². The van der Waals surface area contributed by atoms with Crippen LogP contribution in [0.5, 0.6) is 17.5 Å². The Morgan fingerprint density at radius 1 is 1.26 bits per heavy atom. The first-order valence-corrected chi connectivity index (χ1v) is 6.31. The summed E-state index contributed by atoms with van der Waals surface area (Å²) in [6.07, 6.45) is 0. The van der Waals surface area contributed by atoms with Gasteiger partial charge in [-0.05, 0) is 34.7 Å². The molecule has 0 atom stereocenters. The van der Waals surface area contributed by atoms with E-state index in [1.54, 1.807) is 12.1 Å². The molecule has 1 aromatic heterocycles. The molecule has 0 unspecified atom stereocenters. The van der Waals surface area contributed by atoms with Crippen LogP contribution in [0.1, 0.15) is 0 Å². The van der Waals surface area contributed by atoms with Gasteiger partial charge in [-0.15, -0.1) is 0 Å².